The number of carbonyl (C=O) groups is 2. The number of fused-ring (bicyclic) bond motifs is 1. The van der Waals surface area contributed by atoms with Gasteiger partial charge in [-0.1, -0.05) is 6.92 Å². The average molecular weight is 488 g/mol. The highest BCUT2D eigenvalue weighted by Crippen LogP contribution is 2.39. The first-order chi connectivity index (χ1) is 15.6. The van der Waals surface area contributed by atoms with Crippen LogP contribution in [0.1, 0.15) is 48.7 Å². The molecule has 34 heavy (non-hydrogen) atoms. The van der Waals surface area contributed by atoms with Crippen LogP contribution < -0.4 is 15.0 Å². The van der Waals surface area contributed by atoms with Gasteiger partial charge in [-0.3, -0.25) is 9.59 Å². The fourth-order valence-electron chi connectivity index (χ4n) is 3.46. The maximum absolute atomic E-state index is 13.1. The molecule has 5 nitrogen and oxygen atoms in total. The lowest BCUT2D eigenvalue weighted by Crippen LogP contribution is -2.42. The number of ether oxygens (including phenoxy) is 1. The van der Waals surface area contributed by atoms with Crippen LogP contribution in [-0.2, 0) is 17.1 Å². The van der Waals surface area contributed by atoms with Gasteiger partial charge in [0.1, 0.15) is 12.4 Å². The van der Waals surface area contributed by atoms with Crippen LogP contribution in [0, 0.1) is 5.41 Å². The Morgan fingerprint density at radius 3 is 2.15 bits per heavy atom. The van der Waals surface area contributed by atoms with Crippen LogP contribution in [0.4, 0.5) is 37.7 Å². The molecular formula is C23H22F6N2O3. The van der Waals surface area contributed by atoms with Gasteiger partial charge in [0.15, 0.2) is 0 Å². The van der Waals surface area contributed by atoms with Crippen LogP contribution in [-0.4, -0.2) is 25.0 Å². The smallest absolute Gasteiger partial charge is 0.416 e. The zero-order chi connectivity index (χ0) is 25.5. The van der Waals surface area contributed by atoms with Gasteiger partial charge in [0.25, 0.3) is 5.91 Å². The predicted molar refractivity (Wildman–Crippen MR) is 113 cm³/mol. The first-order valence-corrected chi connectivity index (χ1v) is 10.3. The Labute approximate surface area is 191 Å². The standard InChI is InChI=1S/C23H22F6N2O3/c1-4-7-31-17-6-5-16(11-18(17)34-12-21(2,3)20(31)33)30-19(32)13-8-14(22(24,25)26)10-15(9-13)23(27,28)29/h5-6,8-11H,4,7,12H2,1-3H3,(H,30,32). The van der Waals surface area contributed by atoms with E-state index in [9.17, 15) is 35.9 Å². The van der Waals surface area contributed by atoms with E-state index < -0.39 is 40.4 Å². The van der Waals surface area contributed by atoms with E-state index in [0.29, 0.717) is 30.8 Å². The van der Waals surface area contributed by atoms with Crippen molar-refractivity contribution in [2.24, 2.45) is 5.41 Å². The van der Waals surface area contributed by atoms with Crippen LogP contribution in [0.5, 0.6) is 5.75 Å². The minimum Gasteiger partial charge on any atom is -0.490 e. The van der Waals surface area contributed by atoms with Crippen molar-refractivity contribution in [1.29, 1.82) is 0 Å². The van der Waals surface area contributed by atoms with Gasteiger partial charge in [-0.25, -0.2) is 0 Å². The molecule has 1 aliphatic heterocycles. The molecule has 1 aliphatic rings. The molecule has 2 aromatic rings. The lowest BCUT2D eigenvalue weighted by Gasteiger charge is -2.27. The highest BCUT2D eigenvalue weighted by atomic mass is 19.4. The number of nitrogens with one attached hydrogen (secondary N) is 1. The van der Waals surface area contributed by atoms with Crippen molar-refractivity contribution in [3.63, 3.8) is 0 Å². The van der Waals surface area contributed by atoms with E-state index in [-0.39, 0.29) is 30.0 Å². The Balaban J connectivity index is 1.95. The molecule has 0 atom stereocenters. The maximum Gasteiger partial charge on any atom is 0.416 e. The van der Waals surface area contributed by atoms with Crippen molar-refractivity contribution < 1.29 is 40.7 Å². The van der Waals surface area contributed by atoms with Crippen LogP contribution in [0.2, 0.25) is 0 Å². The van der Waals surface area contributed by atoms with Gasteiger partial charge in [0, 0.05) is 23.9 Å². The number of rotatable bonds is 4. The molecular weight excluding hydrogens is 466 g/mol. The topological polar surface area (TPSA) is 58.6 Å². The number of benzene rings is 2. The summed E-state index contributed by atoms with van der Waals surface area (Å²) in [6, 6.07) is 4.94. The van der Waals surface area contributed by atoms with Gasteiger partial charge in [-0.05, 0) is 50.6 Å². The van der Waals surface area contributed by atoms with Crippen LogP contribution >= 0.6 is 0 Å². The number of anilines is 2. The van der Waals surface area contributed by atoms with Gasteiger partial charge in [0.05, 0.1) is 22.2 Å². The summed E-state index contributed by atoms with van der Waals surface area (Å²) >= 11 is 0. The summed E-state index contributed by atoms with van der Waals surface area (Å²) in [5.74, 6) is -1.06. The fraction of sp³-hybridized carbons (Fsp3) is 0.391. The van der Waals surface area contributed by atoms with Gasteiger partial charge < -0.3 is 15.0 Å². The third-order valence-electron chi connectivity index (χ3n) is 5.22. The molecule has 3 rings (SSSR count). The van der Waals surface area contributed by atoms with E-state index in [1.54, 1.807) is 18.7 Å². The molecule has 0 aliphatic carbocycles. The molecule has 184 valence electrons. The largest absolute Gasteiger partial charge is 0.490 e. The van der Waals surface area contributed by atoms with Crippen LogP contribution in [0.3, 0.4) is 0 Å². The van der Waals surface area contributed by atoms with Crippen molar-refractivity contribution in [2.45, 2.75) is 39.5 Å². The fourth-order valence-corrected chi connectivity index (χ4v) is 3.46. The third-order valence-corrected chi connectivity index (χ3v) is 5.22. The molecule has 1 N–H and O–H groups in total. The third kappa shape index (κ3) is 5.28. The highest BCUT2D eigenvalue weighted by molar-refractivity contribution is 6.05. The second-order valence-corrected chi connectivity index (χ2v) is 8.56. The Hall–Kier alpha value is -3.24. The van der Waals surface area contributed by atoms with Gasteiger partial charge >= 0.3 is 12.4 Å². The van der Waals surface area contributed by atoms with E-state index >= 15 is 0 Å². The Kier molecular flexibility index (Phi) is 6.60. The van der Waals surface area contributed by atoms with E-state index in [1.165, 1.54) is 18.2 Å². The van der Waals surface area contributed by atoms with Crippen molar-refractivity contribution in [1.82, 2.24) is 0 Å². The molecule has 2 amide bonds. The monoisotopic (exact) mass is 488 g/mol. The van der Waals surface area contributed by atoms with Crippen molar-refractivity contribution in [3.8, 4) is 5.75 Å². The Morgan fingerprint density at radius 2 is 1.62 bits per heavy atom. The number of hydrogen-bond acceptors (Lipinski definition) is 3. The van der Waals surface area contributed by atoms with E-state index in [1.807, 2.05) is 6.92 Å². The van der Waals surface area contributed by atoms with Crippen molar-refractivity contribution in [3.05, 3.63) is 53.1 Å². The number of hydrogen-bond donors (Lipinski definition) is 1. The molecule has 0 unspecified atom stereocenters. The minimum absolute atomic E-state index is 0.0407. The molecule has 2 aromatic carbocycles. The SMILES string of the molecule is CCCN1C(=O)C(C)(C)COc2cc(NC(=O)c3cc(C(F)(F)F)cc(C(F)(F)F)c3)ccc21. The molecule has 0 saturated carbocycles. The quantitative estimate of drug-likeness (QED) is 0.526. The first-order valence-electron chi connectivity index (χ1n) is 10.3. The van der Waals surface area contributed by atoms with Crippen LogP contribution in [0.25, 0.3) is 0 Å². The zero-order valence-corrected chi connectivity index (χ0v) is 18.5. The van der Waals surface area contributed by atoms with E-state index in [2.05, 4.69) is 5.32 Å². The lowest BCUT2D eigenvalue weighted by molar-refractivity contribution is -0.143. The molecule has 0 spiro atoms. The summed E-state index contributed by atoms with van der Waals surface area (Å²) in [5, 5.41) is 2.31. The van der Waals surface area contributed by atoms with Crippen LogP contribution in [0.15, 0.2) is 36.4 Å². The predicted octanol–water partition coefficient (Wildman–Crippen LogP) is 6.14. The lowest BCUT2D eigenvalue weighted by atomic mass is 9.93. The molecule has 0 fully saturated rings. The van der Waals surface area contributed by atoms with Gasteiger partial charge in [0.2, 0.25) is 5.91 Å². The number of halogens is 6. The summed E-state index contributed by atoms with van der Waals surface area (Å²) in [7, 11) is 0. The molecule has 0 radical (unpaired) electrons. The van der Waals surface area contributed by atoms with E-state index in [4.69, 9.17) is 4.74 Å². The highest BCUT2D eigenvalue weighted by Gasteiger charge is 2.39. The van der Waals surface area contributed by atoms with Crippen molar-refractivity contribution >= 4 is 23.2 Å². The Bertz CT molecular complexity index is 1080. The molecule has 0 saturated heterocycles. The summed E-state index contributed by atoms with van der Waals surface area (Å²) in [4.78, 5) is 27.0. The molecule has 0 bridgehead atoms. The second-order valence-electron chi connectivity index (χ2n) is 8.56. The summed E-state index contributed by atoms with van der Waals surface area (Å²) in [6.45, 7) is 5.79. The summed E-state index contributed by atoms with van der Waals surface area (Å²) in [6.07, 6.45) is -9.48. The second kappa shape index (κ2) is 8.84. The van der Waals surface area contributed by atoms with Gasteiger partial charge in [-0.2, -0.15) is 26.3 Å². The average Bonchev–Trinajstić information content (AvgIpc) is 2.82. The van der Waals surface area contributed by atoms with E-state index in [0.717, 1.165) is 0 Å². The molecule has 1 heterocycles. The number of alkyl halides is 6. The van der Waals surface area contributed by atoms with Gasteiger partial charge in [-0.15, -0.1) is 0 Å². The summed E-state index contributed by atoms with van der Waals surface area (Å²) < 4.78 is 84.4. The Morgan fingerprint density at radius 1 is 1.03 bits per heavy atom. The molecule has 0 aromatic heterocycles. The zero-order valence-electron chi connectivity index (χ0n) is 18.5. The number of carbonyl (C=O) groups excluding carboxylic acids is 2. The number of amides is 2. The maximum atomic E-state index is 13.1. The molecule has 11 heteroatoms. The number of nitrogens with zero attached hydrogens (tertiary/aromatic N) is 1. The summed E-state index contributed by atoms with van der Waals surface area (Å²) in [5.41, 5.74) is -4.28. The van der Waals surface area contributed by atoms with Crippen molar-refractivity contribution in [2.75, 3.05) is 23.4 Å². The normalized spacial score (nSPS) is 15.9. The minimum atomic E-state index is -5.07. The first kappa shape index (κ1) is 25.4.